The predicted molar refractivity (Wildman–Crippen MR) is 89.7 cm³/mol. The quantitative estimate of drug-likeness (QED) is 0.909. The molecule has 1 aliphatic heterocycles. The summed E-state index contributed by atoms with van der Waals surface area (Å²) in [6.45, 7) is 0.907. The number of nitrogens with one attached hydrogen (secondary N) is 2. The zero-order valence-corrected chi connectivity index (χ0v) is 12.7. The number of rotatable bonds is 4. The Kier molecular flexibility index (Phi) is 4.86. The SMILES string of the molecule is O=C(Nc1ccccc1)C1CC(Cc2ccccc2)CCN1. The lowest BCUT2D eigenvalue weighted by molar-refractivity contribution is -0.119. The van der Waals surface area contributed by atoms with E-state index in [1.165, 1.54) is 5.56 Å². The smallest absolute Gasteiger partial charge is 0.241 e. The van der Waals surface area contributed by atoms with Crippen LogP contribution >= 0.6 is 0 Å². The van der Waals surface area contributed by atoms with Crippen molar-refractivity contribution in [2.45, 2.75) is 25.3 Å². The second kappa shape index (κ2) is 7.23. The van der Waals surface area contributed by atoms with Crippen LogP contribution in [0.25, 0.3) is 0 Å². The Labute approximate surface area is 131 Å². The van der Waals surface area contributed by atoms with E-state index in [1.807, 2.05) is 36.4 Å². The third kappa shape index (κ3) is 3.95. The maximum atomic E-state index is 12.4. The molecule has 1 amide bonds. The molecule has 0 bridgehead atoms. The molecule has 3 nitrogen and oxygen atoms in total. The van der Waals surface area contributed by atoms with Gasteiger partial charge in [0.1, 0.15) is 0 Å². The molecular formula is C19H22N2O. The molecule has 0 spiro atoms. The van der Waals surface area contributed by atoms with Crippen LogP contribution in [-0.4, -0.2) is 18.5 Å². The molecule has 114 valence electrons. The van der Waals surface area contributed by atoms with Crippen LogP contribution in [0.5, 0.6) is 0 Å². The maximum absolute atomic E-state index is 12.4. The molecule has 3 heteroatoms. The molecular weight excluding hydrogens is 272 g/mol. The fraction of sp³-hybridized carbons (Fsp3) is 0.316. The second-order valence-corrected chi connectivity index (χ2v) is 5.94. The Bertz CT molecular complexity index is 597. The molecule has 1 fully saturated rings. The normalized spacial score (nSPS) is 21.3. The second-order valence-electron chi connectivity index (χ2n) is 5.94. The fourth-order valence-corrected chi connectivity index (χ4v) is 3.08. The van der Waals surface area contributed by atoms with Crippen LogP contribution in [0, 0.1) is 5.92 Å². The van der Waals surface area contributed by atoms with E-state index < -0.39 is 0 Å². The summed E-state index contributed by atoms with van der Waals surface area (Å²) in [5, 5.41) is 6.34. The highest BCUT2D eigenvalue weighted by Gasteiger charge is 2.26. The molecule has 0 radical (unpaired) electrons. The minimum atomic E-state index is -0.0948. The highest BCUT2D eigenvalue weighted by molar-refractivity contribution is 5.94. The first-order valence-electron chi connectivity index (χ1n) is 7.94. The van der Waals surface area contributed by atoms with Crippen LogP contribution in [0.3, 0.4) is 0 Å². The van der Waals surface area contributed by atoms with E-state index in [4.69, 9.17) is 0 Å². The Hall–Kier alpha value is -2.13. The Morgan fingerprint density at radius 3 is 2.45 bits per heavy atom. The van der Waals surface area contributed by atoms with Gasteiger partial charge in [-0.3, -0.25) is 4.79 Å². The van der Waals surface area contributed by atoms with Crippen molar-refractivity contribution in [2.75, 3.05) is 11.9 Å². The van der Waals surface area contributed by atoms with Gasteiger partial charge in [-0.15, -0.1) is 0 Å². The minimum absolute atomic E-state index is 0.0731. The molecule has 2 aromatic carbocycles. The lowest BCUT2D eigenvalue weighted by Crippen LogP contribution is -2.46. The molecule has 22 heavy (non-hydrogen) atoms. The maximum Gasteiger partial charge on any atom is 0.241 e. The molecule has 2 unspecified atom stereocenters. The van der Waals surface area contributed by atoms with Crippen molar-refractivity contribution in [3.8, 4) is 0 Å². The number of para-hydroxylation sites is 1. The van der Waals surface area contributed by atoms with Gasteiger partial charge >= 0.3 is 0 Å². The number of carbonyl (C=O) groups excluding carboxylic acids is 1. The third-order valence-electron chi connectivity index (χ3n) is 4.24. The first kappa shape index (κ1) is 14.8. The van der Waals surface area contributed by atoms with Crippen molar-refractivity contribution in [1.82, 2.24) is 5.32 Å². The summed E-state index contributed by atoms with van der Waals surface area (Å²) in [6.07, 6.45) is 3.08. The summed E-state index contributed by atoms with van der Waals surface area (Å²) < 4.78 is 0. The van der Waals surface area contributed by atoms with Gasteiger partial charge in [0.2, 0.25) is 5.91 Å². The summed E-state index contributed by atoms with van der Waals surface area (Å²) in [5.74, 6) is 0.638. The summed E-state index contributed by atoms with van der Waals surface area (Å²) >= 11 is 0. The zero-order chi connectivity index (χ0) is 15.2. The Morgan fingerprint density at radius 1 is 1.05 bits per heavy atom. The van der Waals surface area contributed by atoms with Gasteiger partial charge in [-0.05, 0) is 49.4 Å². The molecule has 2 N–H and O–H groups in total. The first-order chi connectivity index (χ1) is 10.8. The van der Waals surface area contributed by atoms with Crippen LogP contribution in [0.1, 0.15) is 18.4 Å². The van der Waals surface area contributed by atoms with Gasteiger partial charge in [-0.25, -0.2) is 0 Å². The van der Waals surface area contributed by atoms with Gasteiger partial charge < -0.3 is 10.6 Å². The van der Waals surface area contributed by atoms with Crippen LogP contribution in [0.4, 0.5) is 5.69 Å². The monoisotopic (exact) mass is 294 g/mol. The predicted octanol–water partition coefficient (Wildman–Crippen LogP) is 3.24. The lowest BCUT2D eigenvalue weighted by atomic mass is 9.87. The molecule has 0 aromatic heterocycles. The fourth-order valence-electron chi connectivity index (χ4n) is 3.08. The third-order valence-corrected chi connectivity index (χ3v) is 4.24. The van der Waals surface area contributed by atoms with Gasteiger partial charge in [0.05, 0.1) is 6.04 Å². The minimum Gasteiger partial charge on any atom is -0.325 e. The number of anilines is 1. The van der Waals surface area contributed by atoms with Gasteiger partial charge in [-0.2, -0.15) is 0 Å². The molecule has 2 atom stereocenters. The van der Waals surface area contributed by atoms with Crippen molar-refractivity contribution < 1.29 is 4.79 Å². The van der Waals surface area contributed by atoms with Gasteiger partial charge in [0.15, 0.2) is 0 Å². The average molecular weight is 294 g/mol. The van der Waals surface area contributed by atoms with E-state index in [9.17, 15) is 4.79 Å². The molecule has 1 aliphatic rings. The van der Waals surface area contributed by atoms with Gasteiger partial charge in [-0.1, -0.05) is 48.5 Å². The van der Waals surface area contributed by atoms with Gasteiger partial charge in [0.25, 0.3) is 0 Å². The lowest BCUT2D eigenvalue weighted by Gasteiger charge is -2.29. The van der Waals surface area contributed by atoms with Gasteiger partial charge in [0, 0.05) is 5.69 Å². The molecule has 1 heterocycles. The Balaban J connectivity index is 1.57. The molecule has 2 aromatic rings. The number of carbonyl (C=O) groups is 1. The van der Waals surface area contributed by atoms with Crippen LogP contribution in [0.2, 0.25) is 0 Å². The highest BCUT2D eigenvalue weighted by Crippen LogP contribution is 2.22. The van der Waals surface area contributed by atoms with Crippen LogP contribution < -0.4 is 10.6 Å². The summed E-state index contributed by atoms with van der Waals surface area (Å²) in [5.41, 5.74) is 2.22. The van der Waals surface area contributed by atoms with E-state index in [2.05, 4.69) is 34.9 Å². The van der Waals surface area contributed by atoms with E-state index in [0.29, 0.717) is 5.92 Å². The molecule has 0 saturated carbocycles. The van der Waals surface area contributed by atoms with Crippen LogP contribution in [0.15, 0.2) is 60.7 Å². The standard InChI is InChI=1S/C19H22N2O/c22-19(21-17-9-5-2-6-10-17)18-14-16(11-12-20-18)13-15-7-3-1-4-8-15/h1-10,16,18,20H,11-14H2,(H,21,22). The highest BCUT2D eigenvalue weighted by atomic mass is 16.2. The largest absolute Gasteiger partial charge is 0.325 e. The van der Waals surface area contributed by atoms with Crippen LogP contribution in [-0.2, 0) is 11.2 Å². The topological polar surface area (TPSA) is 41.1 Å². The summed E-state index contributed by atoms with van der Waals surface area (Å²) in [4.78, 5) is 12.4. The summed E-state index contributed by atoms with van der Waals surface area (Å²) in [6, 6.07) is 20.1. The Morgan fingerprint density at radius 2 is 1.73 bits per heavy atom. The van der Waals surface area contributed by atoms with E-state index >= 15 is 0 Å². The van der Waals surface area contributed by atoms with Crippen molar-refractivity contribution in [1.29, 1.82) is 0 Å². The number of piperidine rings is 1. The average Bonchev–Trinajstić information content (AvgIpc) is 2.57. The van der Waals surface area contributed by atoms with Crippen molar-refractivity contribution in [3.63, 3.8) is 0 Å². The molecule has 3 rings (SSSR count). The number of hydrogen-bond donors (Lipinski definition) is 2. The van der Waals surface area contributed by atoms with Crippen molar-refractivity contribution in [2.24, 2.45) is 5.92 Å². The van der Waals surface area contributed by atoms with Crippen molar-refractivity contribution in [3.05, 3.63) is 66.2 Å². The van der Waals surface area contributed by atoms with E-state index in [-0.39, 0.29) is 11.9 Å². The number of benzene rings is 2. The molecule has 1 saturated heterocycles. The summed E-state index contributed by atoms with van der Waals surface area (Å²) in [7, 11) is 0. The first-order valence-corrected chi connectivity index (χ1v) is 7.94. The number of hydrogen-bond acceptors (Lipinski definition) is 2. The molecule has 0 aliphatic carbocycles. The number of amides is 1. The van der Waals surface area contributed by atoms with E-state index in [1.54, 1.807) is 0 Å². The van der Waals surface area contributed by atoms with E-state index in [0.717, 1.165) is 31.5 Å². The zero-order valence-electron chi connectivity index (χ0n) is 12.7. The van der Waals surface area contributed by atoms with Crippen molar-refractivity contribution >= 4 is 11.6 Å².